The van der Waals surface area contributed by atoms with E-state index in [0.29, 0.717) is 0 Å². The lowest BCUT2D eigenvalue weighted by Gasteiger charge is -2.26. The molecule has 0 saturated heterocycles. The summed E-state index contributed by atoms with van der Waals surface area (Å²) in [6, 6.07) is 11.4. The second kappa shape index (κ2) is 7.15. The minimum absolute atomic E-state index is 0.0144. The average Bonchev–Trinajstić information content (AvgIpc) is 2.96. The minimum Gasteiger partial charge on any atom is -0.494 e. The Kier molecular flexibility index (Phi) is 4.93. The molecule has 2 atom stereocenters. The van der Waals surface area contributed by atoms with E-state index in [9.17, 15) is 14.0 Å². The highest BCUT2D eigenvalue weighted by Gasteiger charge is 2.34. The third-order valence-corrected chi connectivity index (χ3v) is 4.46. The highest BCUT2D eigenvalue weighted by molar-refractivity contribution is 6.00. The molecule has 2 aromatic rings. The number of carbonyl (C=O) groups excluding carboxylic acids is 2. The number of anilines is 1. The molecular formula is C20H20FNO4. The molecule has 26 heavy (non-hydrogen) atoms. The zero-order valence-electron chi connectivity index (χ0n) is 14.9. The molecule has 0 spiro atoms. The number of hydrogen-bond acceptors (Lipinski definition) is 4. The zero-order chi connectivity index (χ0) is 18.8. The summed E-state index contributed by atoms with van der Waals surface area (Å²) < 4.78 is 23.8. The standard InChI is InChI=1S/C20H20FNO4/c1-12-10-14-6-4-5-7-17(14)22(12)19(23)13(2)26-20(24)15-8-9-18(25-3)16(21)11-15/h4-9,11-13H,10H2,1-3H3/t12-,13+/m0/s1. The van der Waals surface area contributed by atoms with Crippen molar-refractivity contribution in [2.45, 2.75) is 32.4 Å². The molecule has 5 nitrogen and oxygen atoms in total. The molecule has 1 heterocycles. The van der Waals surface area contributed by atoms with Gasteiger partial charge >= 0.3 is 5.97 Å². The van der Waals surface area contributed by atoms with E-state index >= 15 is 0 Å². The molecule has 0 saturated carbocycles. The quantitative estimate of drug-likeness (QED) is 0.788. The largest absolute Gasteiger partial charge is 0.494 e. The van der Waals surface area contributed by atoms with Gasteiger partial charge in [-0.25, -0.2) is 9.18 Å². The Morgan fingerprint density at radius 2 is 1.96 bits per heavy atom. The van der Waals surface area contributed by atoms with E-state index in [1.54, 1.807) is 4.90 Å². The summed E-state index contributed by atoms with van der Waals surface area (Å²) in [4.78, 5) is 26.7. The van der Waals surface area contributed by atoms with Crippen molar-refractivity contribution < 1.29 is 23.5 Å². The lowest BCUT2D eigenvalue weighted by atomic mass is 10.1. The number of benzene rings is 2. The van der Waals surface area contributed by atoms with E-state index in [4.69, 9.17) is 9.47 Å². The van der Waals surface area contributed by atoms with Crippen molar-refractivity contribution in [3.05, 3.63) is 59.4 Å². The molecule has 0 radical (unpaired) electrons. The fourth-order valence-electron chi connectivity index (χ4n) is 3.17. The first-order chi connectivity index (χ1) is 12.4. The van der Waals surface area contributed by atoms with Gasteiger partial charge in [-0.05, 0) is 50.1 Å². The second-order valence-electron chi connectivity index (χ2n) is 6.29. The van der Waals surface area contributed by atoms with Crippen LogP contribution in [0.5, 0.6) is 5.75 Å². The molecule has 2 aromatic carbocycles. The number of ether oxygens (including phenoxy) is 2. The Bertz CT molecular complexity index is 851. The van der Waals surface area contributed by atoms with Gasteiger partial charge in [-0.3, -0.25) is 4.79 Å². The van der Waals surface area contributed by atoms with Crippen molar-refractivity contribution in [3.8, 4) is 5.75 Å². The topological polar surface area (TPSA) is 55.8 Å². The van der Waals surface area contributed by atoms with Crippen molar-refractivity contribution >= 4 is 17.6 Å². The third kappa shape index (κ3) is 3.27. The molecule has 0 aliphatic carbocycles. The van der Waals surface area contributed by atoms with E-state index in [2.05, 4.69) is 0 Å². The first-order valence-electron chi connectivity index (χ1n) is 8.38. The van der Waals surface area contributed by atoms with Crippen molar-refractivity contribution in [1.29, 1.82) is 0 Å². The average molecular weight is 357 g/mol. The monoisotopic (exact) mass is 357 g/mol. The van der Waals surface area contributed by atoms with Crippen LogP contribution in [0.25, 0.3) is 0 Å². The minimum atomic E-state index is -0.985. The van der Waals surface area contributed by atoms with E-state index < -0.39 is 17.9 Å². The number of halogens is 1. The summed E-state index contributed by atoms with van der Waals surface area (Å²) in [5, 5.41) is 0. The highest BCUT2D eigenvalue weighted by atomic mass is 19.1. The van der Waals surface area contributed by atoms with Crippen molar-refractivity contribution in [1.82, 2.24) is 0 Å². The van der Waals surface area contributed by atoms with Gasteiger partial charge in [0, 0.05) is 11.7 Å². The van der Waals surface area contributed by atoms with Gasteiger partial charge in [-0.2, -0.15) is 0 Å². The lowest BCUT2D eigenvalue weighted by Crippen LogP contribution is -2.43. The zero-order valence-corrected chi connectivity index (χ0v) is 14.9. The Hall–Kier alpha value is -2.89. The van der Waals surface area contributed by atoms with Crippen LogP contribution in [0.3, 0.4) is 0 Å². The molecule has 3 rings (SSSR count). The SMILES string of the molecule is COc1ccc(C(=O)O[C@H](C)C(=O)N2c3ccccc3C[C@@H]2C)cc1F. The van der Waals surface area contributed by atoms with E-state index in [-0.39, 0.29) is 23.3 Å². The molecule has 136 valence electrons. The van der Waals surface area contributed by atoms with Crippen LogP contribution in [0.15, 0.2) is 42.5 Å². The van der Waals surface area contributed by atoms with Crippen molar-refractivity contribution in [2.75, 3.05) is 12.0 Å². The highest BCUT2D eigenvalue weighted by Crippen LogP contribution is 2.32. The van der Waals surface area contributed by atoms with Crippen LogP contribution in [0, 0.1) is 5.82 Å². The van der Waals surface area contributed by atoms with Crippen LogP contribution < -0.4 is 9.64 Å². The Labute approximate surface area is 151 Å². The van der Waals surface area contributed by atoms with Gasteiger partial charge in [0.15, 0.2) is 17.7 Å². The van der Waals surface area contributed by atoms with Crippen LogP contribution in [0.2, 0.25) is 0 Å². The fourth-order valence-corrected chi connectivity index (χ4v) is 3.17. The summed E-state index contributed by atoms with van der Waals surface area (Å²) in [5.41, 5.74) is 1.95. The van der Waals surface area contributed by atoms with Crippen LogP contribution in [0.1, 0.15) is 29.8 Å². The molecular weight excluding hydrogens is 337 g/mol. The summed E-state index contributed by atoms with van der Waals surface area (Å²) in [6.07, 6.45) is -0.229. The molecule has 1 aliphatic heterocycles. The van der Waals surface area contributed by atoms with E-state index in [1.165, 1.54) is 26.2 Å². The van der Waals surface area contributed by atoms with Crippen LogP contribution in [-0.4, -0.2) is 31.1 Å². The molecule has 1 aliphatic rings. The maximum Gasteiger partial charge on any atom is 0.339 e. The van der Waals surface area contributed by atoms with Gasteiger partial charge < -0.3 is 14.4 Å². The van der Waals surface area contributed by atoms with Gasteiger partial charge in [0.25, 0.3) is 5.91 Å². The Balaban J connectivity index is 1.73. The molecule has 1 amide bonds. The predicted octanol–water partition coefficient (Wildman–Crippen LogP) is 3.36. The number of hydrogen-bond donors (Lipinski definition) is 0. The van der Waals surface area contributed by atoms with E-state index in [1.807, 2.05) is 31.2 Å². The molecule has 0 unspecified atom stereocenters. The maximum atomic E-state index is 13.8. The van der Waals surface area contributed by atoms with Gasteiger partial charge in [-0.1, -0.05) is 18.2 Å². The first-order valence-corrected chi connectivity index (χ1v) is 8.38. The molecule has 0 N–H and O–H groups in total. The predicted molar refractivity (Wildman–Crippen MR) is 94.9 cm³/mol. The molecule has 0 fully saturated rings. The van der Waals surface area contributed by atoms with Gasteiger partial charge in [0.1, 0.15) is 0 Å². The smallest absolute Gasteiger partial charge is 0.339 e. The number of fused-ring (bicyclic) bond motifs is 1. The number of para-hydroxylation sites is 1. The summed E-state index contributed by atoms with van der Waals surface area (Å²) >= 11 is 0. The van der Waals surface area contributed by atoms with Crippen LogP contribution in [0.4, 0.5) is 10.1 Å². The summed E-state index contributed by atoms with van der Waals surface area (Å²) in [5.74, 6) is -1.69. The number of methoxy groups -OCH3 is 1. The van der Waals surface area contributed by atoms with Crippen molar-refractivity contribution in [2.24, 2.45) is 0 Å². The number of nitrogens with zero attached hydrogens (tertiary/aromatic N) is 1. The van der Waals surface area contributed by atoms with Crippen LogP contribution in [-0.2, 0) is 16.0 Å². The number of amides is 1. The maximum absolute atomic E-state index is 13.8. The van der Waals surface area contributed by atoms with Crippen molar-refractivity contribution in [3.63, 3.8) is 0 Å². The van der Waals surface area contributed by atoms with Gasteiger partial charge in [0.2, 0.25) is 0 Å². The van der Waals surface area contributed by atoms with Gasteiger partial charge in [0.05, 0.1) is 12.7 Å². The summed E-state index contributed by atoms with van der Waals surface area (Å²) in [7, 11) is 1.34. The van der Waals surface area contributed by atoms with E-state index in [0.717, 1.165) is 23.7 Å². The number of esters is 1. The molecule has 0 bridgehead atoms. The first kappa shape index (κ1) is 17.9. The Morgan fingerprint density at radius 3 is 2.65 bits per heavy atom. The fraction of sp³-hybridized carbons (Fsp3) is 0.300. The number of carbonyl (C=O) groups is 2. The summed E-state index contributed by atoms with van der Waals surface area (Å²) in [6.45, 7) is 3.47. The lowest BCUT2D eigenvalue weighted by molar-refractivity contribution is -0.126. The number of rotatable bonds is 4. The van der Waals surface area contributed by atoms with Gasteiger partial charge in [-0.15, -0.1) is 0 Å². The second-order valence-corrected chi connectivity index (χ2v) is 6.29. The molecule has 0 aromatic heterocycles. The normalized spacial score (nSPS) is 16.8. The third-order valence-electron chi connectivity index (χ3n) is 4.46. The van der Waals surface area contributed by atoms with Crippen LogP contribution >= 0.6 is 0 Å². The molecule has 6 heteroatoms. The Morgan fingerprint density at radius 1 is 1.23 bits per heavy atom.